The molecule has 0 unspecified atom stereocenters. The van der Waals surface area contributed by atoms with Gasteiger partial charge in [0.05, 0.1) is 17.2 Å². The van der Waals surface area contributed by atoms with E-state index in [1.54, 1.807) is 19.9 Å². The molecule has 0 aromatic heterocycles. The van der Waals surface area contributed by atoms with Crippen LogP contribution >= 0.6 is 11.6 Å². The molecule has 0 aliphatic rings. The first kappa shape index (κ1) is 19.8. The molecule has 2 aromatic carbocycles. The second-order valence-corrected chi connectivity index (χ2v) is 6.32. The summed E-state index contributed by atoms with van der Waals surface area (Å²) in [5, 5.41) is 2.94. The van der Waals surface area contributed by atoms with Crippen LogP contribution in [-0.4, -0.2) is 24.6 Å². The van der Waals surface area contributed by atoms with Gasteiger partial charge >= 0.3 is 5.97 Å². The number of anilines is 1. The average Bonchev–Trinajstić information content (AvgIpc) is 2.58. The van der Waals surface area contributed by atoms with Gasteiger partial charge < -0.3 is 14.8 Å². The predicted molar refractivity (Wildman–Crippen MR) is 102 cm³/mol. The van der Waals surface area contributed by atoms with Crippen LogP contribution in [0.3, 0.4) is 0 Å². The summed E-state index contributed by atoms with van der Waals surface area (Å²) >= 11 is 6.10. The fraction of sp³-hybridized carbons (Fsp3) is 0.300. The van der Waals surface area contributed by atoms with E-state index in [1.165, 1.54) is 12.1 Å². The topological polar surface area (TPSA) is 64.6 Å². The van der Waals surface area contributed by atoms with Crippen LogP contribution in [0.25, 0.3) is 0 Å². The number of ether oxygens (including phenoxy) is 2. The Hall–Kier alpha value is -2.53. The lowest BCUT2D eigenvalue weighted by Gasteiger charge is -2.16. The summed E-state index contributed by atoms with van der Waals surface area (Å²) in [6.45, 7) is 7.65. The number of carbonyl (C=O) groups is 2. The van der Waals surface area contributed by atoms with Crippen LogP contribution in [0.15, 0.2) is 36.4 Å². The maximum absolute atomic E-state index is 12.3. The normalized spacial score (nSPS) is 11.6. The van der Waals surface area contributed by atoms with E-state index in [9.17, 15) is 9.59 Å². The molecule has 0 bridgehead atoms. The minimum atomic E-state index is -0.694. The summed E-state index contributed by atoms with van der Waals surface area (Å²) in [7, 11) is 0. The Bertz CT molecular complexity index is 819. The number of halogens is 1. The fourth-order valence-electron chi connectivity index (χ4n) is 2.26. The fourth-order valence-corrected chi connectivity index (χ4v) is 2.51. The summed E-state index contributed by atoms with van der Waals surface area (Å²) < 4.78 is 10.6. The SMILES string of the molecule is CCOC(=O)c1ccc(NC(=O)[C@@H](C)Oc2ccc(C)c(C)c2)cc1Cl. The molecule has 1 N–H and O–H groups in total. The van der Waals surface area contributed by atoms with E-state index in [0.717, 1.165) is 11.1 Å². The van der Waals surface area contributed by atoms with Crippen molar-refractivity contribution in [3.63, 3.8) is 0 Å². The maximum atomic E-state index is 12.3. The molecule has 2 aromatic rings. The third-order valence-electron chi connectivity index (χ3n) is 3.89. The quantitative estimate of drug-likeness (QED) is 0.753. The summed E-state index contributed by atoms with van der Waals surface area (Å²) in [6, 6.07) is 10.3. The average molecular weight is 376 g/mol. The van der Waals surface area contributed by atoms with E-state index >= 15 is 0 Å². The number of amides is 1. The van der Waals surface area contributed by atoms with Crippen LogP contribution in [0.2, 0.25) is 5.02 Å². The van der Waals surface area contributed by atoms with Crippen molar-refractivity contribution in [2.24, 2.45) is 0 Å². The van der Waals surface area contributed by atoms with Crippen LogP contribution in [-0.2, 0) is 9.53 Å². The Morgan fingerprint density at radius 1 is 1.12 bits per heavy atom. The van der Waals surface area contributed by atoms with E-state index in [4.69, 9.17) is 21.1 Å². The van der Waals surface area contributed by atoms with Gasteiger partial charge in [0, 0.05) is 5.69 Å². The number of aryl methyl sites for hydroxylation is 2. The van der Waals surface area contributed by atoms with Crippen molar-refractivity contribution in [2.75, 3.05) is 11.9 Å². The van der Waals surface area contributed by atoms with Gasteiger partial charge in [0.15, 0.2) is 6.10 Å². The second-order valence-electron chi connectivity index (χ2n) is 5.91. The van der Waals surface area contributed by atoms with Gasteiger partial charge in [-0.2, -0.15) is 0 Å². The Morgan fingerprint density at radius 3 is 2.46 bits per heavy atom. The number of hydrogen-bond acceptors (Lipinski definition) is 4. The first-order chi connectivity index (χ1) is 12.3. The minimum Gasteiger partial charge on any atom is -0.481 e. The molecule has 6 heteroatoms. The molecule has 2 rings (SSSR count). The molecule has 138 valence electrons. The van der Waals surface area contributed by atoms with E-state index in [1.807, 2.05) is 32.0 Å². The number of benzene rings is 2. The van der Waals surface area contributed by atoms with Gasteiger partial charge in [-0.05, 0) is 69.2 Å². The molecule has 0 aliphatic heterocycles. The second kappa shape index (κ2) is 8.72. The van der Waals surface area contributed by atoms with Gasteiger partial charge in [-0.15, -0.1) is 0 Å². The minimum absolute atomic E-state index is 0.212. The van der Waals surface area contributed by atoms with E-state index < -0.39 is 12.1 Å². The van der Waals surface area contributed by atoms with Gasteiger partial charge in [-0.25, -0.2) is 4.79 Å². The molecule has 1 amide bonds. The zero-order valence-electron chi connectivity index (χ0n) is 15.3. The zero-order chi connectivity index (χ0) is 19.3. The highest BCUT2D eigenvalue weighted by Crippen LogP contribution is 2.23. The molecule has 0 saturated heterocycles. The standard InChI is InChI=1S/C20H22ClNO4/c1-5-25-20(24)17-9-7-15(11-18(17)21)22-19(23)14(4)26-16-8-6-12(2)13(3)10-16/h6-11,14H,5H2,1-4H3,(H,22,23)/t14-/m1/s1. The van der Waals surface area contributed by atoms with Crippen LogP contribution < -0.4 is 10.1 Å². The highest BCUT2D eigenvalue weighted by atomic mass is 35.5. The summed E-state index contributed by atoms with van der Waals surface area (Å²) in [5.74, 6) is -0.184. The molecule has 1 atom stereocenters. The van der Waals surface area contributed by atoms with Crippen molar-refractivity contribution in [3.8, 4) is 5.75 Å². The van der Waals surface area contributed by atoms with Crippen LogP contribution in [0.1, 0.15) is 35.3 Å². The van der Waals surface area contributed by atoms with Crippen molar-refractivity contribution >= 4 is 29.2 Å². The lowest BCUT2D eigenvalue weighted by Crippen LogP contribution is -2.30. The Morgan fingerprint density at radius 2 is 1.85 bits per heavy atom. The molecule has 5 nitrogen and oxygen atoms in total. The van der Waals surface area contributed by atoms with Gasteiger partial charge in [-0.1, -0.05) is 17.7 Å². The van der Waals surface area contributed by atoms with Crippen molar-refractivity contribution in [3.05, 3.63) is 58.1 Å². The maximum Gasteiger partial charge on any atom is 0.339 e. The number of rotatable bonds is 6. The first-order valence-electron chi connectivity index (χ1n) is 8.33. The molecule has 0 heterocycles. The molecule has 0 spiro atoms. The van der Waals surface area contributed by atoms with Crippen LogP contribution in [0.5, 0.6) is 5.75 Å². The van der Waals surface area contributed by atoms with Gasteiger partial charge in [0.25, 0.3) is 5.91 Å². The summed E-state index contributed by atoms with van der Waals surface area (Å²) in [4.78, 5) is 24.1. The van der Waals surface area contributed by atoms with Crippen molar-refractivity contribution in [2.45, 2.75) is 33.8 Å². The molecule has 0 fully saturated rings. The van der Waals surface area contributed by atoms with E-state index in [2.05, 4.69) is 5.32 Å². The molecular formula is C20H22ClNO4. The lowest BCUT2D eigenvalue weighted by atomic mass is 10.1. The number of hydrogen-bond donors (Lipinski definition) is 1. The highest BCUT2D eigenvalue weighted by Gasteiger charge is 2.17. The van der Waals surface area contributed by atoms with E-state index in [-0.39, 0.29) is 23.1 Å². The Balaban J connectivity index is 2.03. The highest BCUT2D eigenvalue weighted by molar-refractivity contribution is 6.34. The van der Waals surface area contributed by atoms with Crippen molar-refractivity contribution < 1.29 is 19.1 Å². The number of nitrogens with one attached hydrogen (secondary N) is 1. The monoisotopic (exact) mass is 375 g/mol. The Kier molecular flexibility index (Phi) is 6.64. The van der Waals surface area contributed by atoms with Crippen molar-refractivity contribution in [1.82, 2.24) is 0 Å². The van der Waals surface area contributed by atoms with E-state index in [0.29, 0.717) is 11.4 Å². The van der Waals surface area contributed by atoms with Crippen LogP contribution in [0.4, 0.5) is 5.69 Å². The van der Waals surface area contributed by atoms with Crippen LogP contribution in [0, 0.1) is 13.8 Å². The molecule has 0 radical (unpaired) electrons. The number of carbonyl (C=O) groups excluding carboxylic acids is 2. The molecule has 0 aliphatic carbocycles. The Labute approximate surface area is 158 Å². The molecule has 0 saturated carbocycles. The summed E-state index contributed by atoms with van der Waals surface area (Å²) in [6.07, 6.45) is -0.694. The van der Waals surface area contributed by atoms with Gasteiger partial charge in [0.1, 0.15) is 5.75 Å². The zero-order valence-corrected chi connectivity index (χ0v) is 16.0. The van der Waals surface area contributed by atoms with Gasteiger partial charge in [0.2, 0.25) is 0 Å². The molecule has 26 heavy (non-hydrogen) atoms. The summed E-state index contributed by atoms with van der Waals surface area (Å²) in [5.41, 5.74) is 2.98. The number of esters is 1. The third-order valence-corrected chi connectivity index (χ3v) is 4.21. The van der Waals surface area contributed by atoms with Gasteiger partial charge in [-0.3, -0.25) is 4.79 Å². The van der Waals surface area contributed by atoms with Crippen molar-refractivity contribution in [1.29, 1.82) is 0 Å². The predicted octanol–water partition coefficient (Wildman–Crippen LogP) is 4.54. The first-order valence-corrected chi connectivity index (χ1v) is 8.71. The molecular weight excluding hydrogens is 354 g/mol. The lowest BCUT2D eigenvalue weighted by molar-refractivity contribution is -0.122. The largest absolute Gasteiger partial charge is 0.481 e. The smallest absolute Gasteiger partial charge is 0.339 e. The third kappa shape index (κ3) is 4.99.